The van der Waals surface area contributed by atoms with Gasteiger partial charge in [0.1, 0.15) is 4.90 Å². The standard InChI is InChI=1S/C12H16Cl2N2O3S/c1-3-7-15-12(17)8(2)16-20(18,19)10-6-4-5-9(13)11(10)14/h4-6,8,16H,3,7H2,1-2H3,(H,15,17)/t8-/m1/s1. The highest BCUT2D eigenvalue weighted by Gasteiger charge is 2.24. The maximum atomic E-state index is 12.2. The molecular weight excluding hydrogens is 323 g/mol. The van der Waals surface area contributed by atoms with Crippen LogP contribution in [0.1, 0.15) is 20.3 Å². The van der Waals surface area contributed by atoms with Crippen molar-refractivity contribution in [2.45, 2.75) is 31.2 Å². The van der Waals surface area contributed by atoms with Crippen LogP contribution in [-0.2, 0) is 14.8 Å². The van der Waals surface area contributed by atoms with Gasteiger partial charge in [-0.15, -0.1) is 0 Å². The lowest BCUT2D eigenvalue weighted by atomic mass is 10.3. The molecule has 1 aromatic rings. The summed E-state index contributed by atoms with van der Waals surface area (Å²) in [7, 11) is -3.91. The first-order valence-corrected chi connectivity index (χ1v) is 8.27. The van der Waals surface area contributed by atoms with Gasteiger partial charge >= 0.3 is 0 Å². The Morgan fingerprint density at radius 1 is 1.35 bits per heavy atom. The first-order valence-electron chi connectivity index (χ1n) is 6.03. The van der Waals surface area contributed by atoms with E-state index in [1.807, 2.05) is 6.92 Å². The van der Waals surface area contributed by atoms with Gasteiger partial charge < -0.3 is 5.32 Å². The molecule has 0 aliphatic heterocycles. The van der Waals surface area contributed by atoms with Crippen LogP contribution < -0.4 is 10.0 Å². The van der Waals surface area contributed by atoms with Crippen LogP contribution in [0.15, 0.2) is 23.1 Å². The van der Waals surface area contributed by atoms with Gasteiger partial charge in [-0.3, -0.25) is 4.79 Å². The molecule has 0 aliphatic carbocycles. The number of sulfonamides is 1. The van der Waals surface area contributed by atoms with Gasteiger partial charge in [0, 0.05) is 6.54 Å². The minimum Gasteiger partial charge on any atom is -0.355 e. The van der Waals surface area contributed by atoms with Gasteiger partial charge in [0.15, 0.2) is 0 Å². The molecular formula is C12H16Cl2N2O3S. The smallest absolute Gasteiger partial charge is 0.242 e. The summed E-state index contributed by atoms with van der Waals surface area (Å²) >= 11 is 11.7. The fourth-order valence-electron chi connectivity index (χ4n) is 1.44. The van der Waals surface area contributed by atoms with E-state index in [4.69, 9.17) is 23.2 Å². The van der Waals surface area contributed by atoms with Crippen molar-refractivity contribution in [1.82, 2.24) is 10.0 Å². The average Bonchev–Trinajstić information content (AvgIpc) is 2.38. The molecule has 0 bridgehead atoms. The van der Waals surface area contributed by atoms with E-state index < -0.39 is 22.0 Å². The molecule has 0 heterocycles. The summed E-state index contributed by atoms with van der Waals surface area (Å²) in [4.78, 5) is 11.5. The molecule has 1 atom stereocenters. The maximum absolute atomic E-state index is 12.2. The highest BCUT2D eigenvalue weighted by molar-refractivity contribution is 7.89. The number of halogens is 2. The fourth-order valence-corrected chi connectivity index (χ4v) is 3.41. The molecule has 0 aliphatic rings. The van der Waals surface area contributed by atoms with Crippen molar-refractivity contribution in [3.63, 3.8) is 0 Å². The van der Waals surface area contributed by atoms with Crippen LogP contribution in [0.3, 0.4) is 0 Å². The summed E-state index contributed by atoms with van der Waals surface area (Å²) in [5.41, 5.74) is 0. The van der Waals surface area contributed by atoms with Crippen LogP contribution >= 0.6 is 23.2 Å². The number of amides is 1. The van der Waals surface area contributed by atoms with E-state index in [1.165, 1.54) is 25.1 Å². The van der Waals surface area contributed by atoms with E-state index >= 15 is 0 Å². The van der Waals surface area contributed by atoms with Crippen molar-refractivity contribution in [3.8, 4) is 0 Å². The topological polar surface area (TPSA) is 75.3 Å². The minimum atomic E-state index is -3.91. The number of hydrogen-bond donors (Lipinski definition) is 2. The van der Waals surface area contributed by atoms with E-state index in [2.05, 4.69) is 10.0 Å². The maximum Gasteiger partial charge on any atom is 0.242 e. The molecule has 8 heteroatoms. The van der Waals surface area contributed by atoms with Crippen molar-refractivity contribution < 1.29 is 13.2 Å². The van der Waals surface area contributed by atoms with Crippen molar-refractivity contribution in [2.24, 2.45) is 0 Å². The lowest BCUT2D eigenvalue weighted by Crippen LogP contribution is -2.44. The number of carbonyl (C=O) groups is 1. The molecule has 0 unspecified atom stereocenters. The second-order valence-electron chi connectivity index (χ2n) is 4.19. The largest absolute Gasteiger partial charge is 0.355 e. The van der Waals surface area contributed by atoms with Crippen LogP contribution in [-0.4, -0.2) is 26.9 Å². The molecule has 0 saturated carbocycles. The molecule has 1 rings (SSSR count). The van der Waals surface area contributed by atoms with Crippen molar-refractivity contribution in [1.29, 1.82) is 0 Å². The third-order valence-electron chi connectivity index (χ3n) is 2.48. The zero-order chi connectivity index (χ0) is 15.3. The van der Waals surface area contributed by atoms with Gasteiger partial charge in [-0.2, -0.15) is 4.72 Å². The predicted molar refractivity (Wildman–Crippen MR) is 79.5 cm³/mol. The normalized spacial score (nSPS) is 13.0. The van der Waals surface area contributed by atoms with E-state index in [1.54, 1.807) is 0 Å². The summed E-state index contributed by atoms with van der Waals surface area (Å²) < 4.78 is 26.6. The zero-order valence-electron chi connectivity index (χ0n) is 11.1. The van der Waals surface area contributed by atoms with Gasteiger partial charge in [0.2, 0.25) is 15.9 Å². The summed E-state index contributed by atoms with van der Waals surface area (Å²) in [6.45, 7) is 3.85. The Labute approximate surface area is 128 Å². The Bertz CT molecular complexity index is 590. The zero-order valence-corrected chi connectivity index (χ0v) is 13.4. The van der Waals surface area contributed by atoms with E-state index in [0.717, 1.165) is 6.42 Å². The minimum absolute atomic E-state index is 0.0668. The van der Waals surface area contributed by atoms with Crippen LogP contribution in [0.4, 0.5) is 0 Å². The third kappa shape index (κ3) is 4.34. The fraction of sp³-hybridized carbons (Fsp3) is 0.417. The summed E-state index contributed by atoms with van der Waals surface area (Å²) in [6.07, 6.45) is 0.769. The highest BCUT2D eigenvalue weighted by atomic mass is 35.5. The number of benzene rings is 1. The highest BCUT2D eigenvalue weighted by Crippen LogP contribution is 2.28. The van der Waals surface area contributed by atoms with Gasteiger partial charge in [-0.1, -0.05) is 36.2 Å². The van der Waals surface area contributed by atoms with Crippen LogP contribution in [0, 0.1) is 0 Å². The molecule has 0 saturated heterocycles. The Morgan fingerprint density at radius 3 is 2.60 bits per heavy atom. The van der Waals surface area contributed by atoms with Gasteiger partial charge in [-0.25, -0.2) is 8.42 Å². The third-order valence-corrected chi connectivity index (χ3v) is 4.99. The quantitative estimate of drug-likeness (QED) is 0.834. The number of nitrogens with one attached hydrogen (secondary N) is 2. The molecule has 20 heavy (non-hydrogen) atoms. The molecule has 0 fully saturated rings. The van der Waals surface area contributed by atoms with Crippen LogP contribution in [0.2, 0.25) is 10.0 Å². The number of hydrogen-bond acceptors (Lipinski definition) is 3. The molecule has 0 spiro atoms. The van der Waals surface area contributed by atoms with Gasteiger partial charge in [0.25, 0.3) is 0 Å². The Balaban J connectivity index is 2.90. The average molecular weight is 339 g/mol. The summed E-state index contributed by atoms with van der Waals surface area (Å²) in [5.74, 6) is -0.395. The van der Waals surface area contributed by atoms with Crippen molar-refractivity contribution >= 4 is 39.1 Å². The van der Waals surface area contributed by atoms with E-state index in [9.17, 15) is 13.2 Å². The summed E-state index contributed by atoms with van der Waals surface area (Å²) in [5, 5.41) is 2.68. The van der Waals surface area contributed by atoms with Crippen molar-refractivity contribution in [2.75, 3.05) is 6.54 Å². The first kappa shape index (κ1) is 17.2. The molecule has 1 aromatic carbocycles. The first-order chi connectivity index (χ1) is 9.29. The Kier molecular flexibility index (Phi) is 6.26. The SMILES string of the molecule is CCCNC(=O)[C@@H](C)NS(=O)(=O)c1cccc(Cl)c1Cl. The molecule has 2 N–H and O–H groups in total. The number of rotatable bonds is 6. The predicted octanol–water partition coefficient (Wildman–Crippen LogP) is 2.19. The van der Waals surface area contributed by atoms with Crippen molar-refractivity contribution in [3.05, 3.63) is 28.2 Å². The second kappa shape index (κ2) is 7.26. The van der Waals surface area contributed by atoms with Gasteiger partial charge in [-0.05, 0) is 25.5 Å². The molecule has 0 radical (unpaired) electrons. The lowest BCUT2D eigenvalue weighted by molar-refractivity contribution is -0.122. The van der Waals surface area contributed by atoms with Crippen LogP contribution in [0.5, 0.6) is 0 Å². The molecule has 112 valence electrons. The molecule has 1 amide bonds. The Morgan fingerprint density at radius 2 is 2.00 bits per heavy atom. The molecule has 5 nitrogen and oxygen atoms in total. The van der Waals surface area contributed by atoms with E-state index in [0.29, 0.717) is 6.54 Å². The monoisotopic (exact) mass is 338 g/mol. The summed E-state index contributed by atoms with van der Waals surface area (Å²) in [6, 6.07) is 3.39. The van der Waals surface area contributed by atoms with E-state index in [-0.39, 0.29) is 14.9 Å². The number of carbonyl (C=O) groups excluding carboxylic acids is 1. The second-order valence-corrected chi connectivity index (χ2v) is 6.65. The lowest BCUT2D eigenvalue weighted by Gasteiger charge is -2.15. The van der Waals surface area contributed by atoms with Crippen LogP contribution in [0.25, 0.3) is 0 Å². The van der Waals surface area contributed by atoms with Gasteiger partial charge in [0.05, 0.1) is 16.1 Å². The molecule has 0 aromatic heterocycles. The Hall–Kier alpha value is -0.820.